The molecule has 1 aliphatic rings. The molecular weight excluding hydrogens is 367 g/mol. The van der Waals surface area contributed by atoms with Crippen LogP contribution in [0.5, 0.6) is 0 Å². The molecule has 0 unspecified atom stereocenters. The molecule has 0 fully saturated rings. The standard InChI is InChI=1S/C12H14Cl2N4O2S2/c1-2-10-15-12-7(4-3-5-18(12)16-10)17-22(19,20)8-6-9(13)21-11(8)14/h6-7,17H,2-5H2,1H3/t7-/m0/s1. The van der Waals surface area contributed by atoms with Crippen molar-refractivity contribution >= 4 is 44.6 Å². The van der Waals surface area contributed by atoms with Crippen LogP contribution in [0.4, 0.5) is 0 Å². The Bertz CT molecular complexity index is 800. The molecule has 3 rings (SSSR count). The number of fused-ring (bicyclic) bond motifs is 1. The summed E-state index contributed by atoms with van der Waals surface area (Å²) in [5.74, 6) is 1.38. The molecule has 0 bridgehead atoms. The average molecular weight is 381 g/mol. The highest BCUT2D eigenvalue weighted by Crippen LogP contribution is 2.35. The third-order valence-corrected chi connectivity index (χ3v) is 6.67. The largest absolute Gasteiger partial charge is 0.248 e. The van der Waals surface area contributed by atoms with Gasteiger partial charge in [0.2, 0.25) is 10.0 Å². The van der Waals surface area contributed by atoms with E-state index in [4.69, 9.17) is 23.2 Å². The normalized spacial score (nSPS) is 18.4. The zero-order valence-electron chi connectivity index (χ0n) is 11.7. The molecule has 6 nitrogen and oxygen atoms in total. The maximum Gasteiger partial charge on any atom is 0.243 e. The fourth-order valence-electron chi connectivity index (χ4n) is 2.42. The Kier molecular flexibility index (Phi) is 4.48. The fraction of sp³-hybridized carbons (Fsp3) is 0.500. The van der Waals surface area contributed by atoms with Crippen molar-refractivity contribution in [3.8, 4) is 0 Å². The van der Waals surface area contributed by atoms with E-state index in [-0.39, 0.29) is 9.23 Å². The number of rotatable bonds is 4. The van der Waals surface area contributed by atoms with Crippen LogP contribution in [0.25, 0.3) is 0 Å². The summed E-state index contributed by atoms with van der Waals surface area (Å²) in [4.78, 5) is 4.44. The molecule has 10 heteroatoms. The van der Waals surface area contributed by atoms with Gasteiger partial charge in [0.15, 0.2) is 5.82 Å². The second-order valence-corrected chi connectivity index (χ2v) is 8.94. The monoisotopic (exact) mass is 380 g/mol. The van der Waals surface area contributed by atoms with Crippen LogP contribution in [0.2, 0.25) is 8.67 Å². The van der Waals surface area contributed by atoms with E-state index >= 15 is 0 Å². The predicted octanol–water partition coefficient (Wildman–Crippen LogP) is 3.02. The first-order chi connectivity index (χ1) is 10.4. The number of hydrogen-bond donors (Lipinski definition) is 1. The van der Waals surface area contributed by atoms with Crippen LogP contribution < -0.4 is 4.72 Å². The highest BCUT2D eigenvalue weighted by molar-refractivity contribution is 7.89. The molecule has 1 N–H and O–H groups in total. The Morgan fingerprint density at radius 2 is 2.27 bits per heavy atom. The van der Waals surface area contributed by atoms with Crippen LogP contribution in [-0.4, -0.2) is 23.2 Å². The molecule has 120 valence electrons. The van der Waals surface area contributed by atoms with E-state index in [0.29, 0.717) is 23.0 Å². The lowest BCUT2D eigenvalue weighted by atomic mass is 10.1. The summed E-state index contributed by atoms with van der Waals surface area (Å²) in [7, 11) is -3.75. The van der Waals surface area contributed by atoms with Gasteiger partial charge in [-0.15, -0.1) is 11.3 Å². The van der Waals surface area contributed by atoms with Gasteiger partial charge in [-0.1, -0.05) is 30.1 Å². The van der Waals surface area contributed by atoms with Gasteiger partial charge >= 0.3 is 0 Å². The second kappa shape index (κ2) is 6.09. The van der Waals surface area contributed by atoms with Crippen molar-refractivity contribution in [1.82, 2.24) is 19.5 Å². The minimum absolute atomic E-state index is 0.0107. The number of thiophene rings is 1. The maximum atomic E-state index is 12.5. The summed E-state index contributed by atoms with van der Waals surface area (Å²) in [5.41, 5.74) is 0. The van der Waals surface area contributed by atoms with E-state index in [1.165, 1.54) is 6.07 Å². The van der Waals surface area contributed by atoms with Crippen molar-refractivity contribution in [1.29, 1.82) is 0 Å². The van der Waals surface area contributed by atoms with Gasteiger partial charge in [-0.25, -0.2) is 22.8 Å². The first-order valence-corrected chi connectivity index (χ1v) is 9.87. The molecule has 0 amide bonds. The first kappa shape index (κ1) is 16.2. The van der Waals surface area contributed by atoms with Gasteiger partial charge < -0.3 is 0 Å². The predicted molar refractivity (Wildman–Crippen MR) is 86.0 cm³/mol. The van der Waals surface area contributed by atoms with Gasteiger partial charge in [0.1, 0.15) is 15.1 Å². The van der Waals surface area contributed by atoms with Gasteiger partial charge in [-0.3, -0.25) is 0 Å². The first-order valence-electron chi connectivity index (χ1n) is 6.81. The third-order valence-electron chi connectivity index (χ3n) is 3.45. The summed E-state index contributed by atoms with van der Waals surface area (Å²) >= 11 is 12.8. The summed E-state index contributed by atoms with van der Waals surface area (Å²) in [5, 5.41) is 4.37. The molecule has 0 saturated heterocycles. The average Bonchev–Trinajstić information content (AvgIpc) is 3.02. The number of nitrogens with one attached hydrogen (secondary N) is 1. The molecule has 2 aromatic rings. The number of nitrogens with zero attached hydrogens (tertiary/aromatic N) is 3. The number of aryl methyl sites for hydroxylation is 2. The van der Waals surface area contributed by atoms with Crippen LogP contribution in [0.3, 0.4) is 0 Å². The lowest BCUT2D eigenvalue weighted by Gasteiger charge is -2.22. The minimum atomic E-state index is -3.75. The van der Waals surface area contributed by atoms with E-state index in [1.54, 1.807) is 4.68 Å². The Hall–Kier alpha value is -0.670. The van der Waals surface area contributed by atoms with Gasteiger partial charge in [-0.2, -0.15) is 5.10 Å². The quantitative estimate of drug-likeness (QED) is 0.883. The smallest absolute Gasteiger partial charge is 0.243 e. The number of aromatic nitrogens is 3. The van der Waals surface area contributed by atoms with Gasteiger partial charge in [-0.05, 0) is 18.9 Å². The molecule has 0 radical (unpaired) electrons. The topological polar surface area (TPSA) is 76.9 Å². The molecule has 0 aromatic carbocycles. The highest BCUT2D eigenvalue weighted by Gasteiger charge is 2.30. The molecule has 0 saturated carbocycles. The molecule has 2 aromatic heterocycles. The van der Waals surface area contributed by atoms with E-state index in [2.05, 4.69) is 14.8 Å². The Labute approximate surface area is 142 Å². The summed E-state index contributed by atoms with van der Waals surface area (Å²) in [6, 6.07) is 0.961. The van der Waals surface area contributed by atoms with E-state index in [1.807, 2.05) is 6.92 Å². The Morgan fingerprint density at radius 1 is 1.50 bits per heavy atom. The molecule has 0 aliphatic carbocycles. The zero-order valence-corrected chi connectivity index (χ0v) is 14.9. The molecular formula is C12H14Cl2N4O2S2. The second-order valence-electron chi connectivity index (χ2n) is 4.97. The van der Waals surface area contributed by atoms with Crippen LogP contribution in [0.1, 0.15) is 37.5 Å². The van der Waals surface area contributed by atoms with Crippen LogP contribution >= 0.6 is 34.5 Å². The van der Waals surface area contributed by atoms with Crippen molar-refractivity contribution in [2.45, 2.75) is 43.7 Å². The Morgan fingerprint density at radius 3 is 2.91 bits per heavy atom. The lowest BCUT2D eigenvalue weighted by molar-refractivity contribution is 0.399. The van der Waals surface area contributed by atoms with Crippen LogP contribution in [-0.2, 0) is 23.0 Å². The molecule has 3 heterocycles. The van der Waals surface area contributed by atoms with Gasteiger partial charge in [0, 0.05) is 13.0 Å². The fourth-order valence-corrected chi connectivity index (χ4v) is 5.80. The number of sulfonamides is 1. The van der Waals surface area contributed by atoms with E-state index in [0.717, 1.165) is 30.1 Å². The van der Waals surface area contributed by atoms with E-state index in [9.17, 15) is 8.42 Å². The number of hydrogen-bond acceptors (Lipinski definition) is 5. The highest BCUT2D eigenvalue weighted by atomic mass is 35.5. The van der Waals surface area contributed by atoms with Crippen molar-refractivity contribution < 1.29 is 8.42 Å². The molecule has 1 aliphatic heterocycles. The minimum Gasteiger partial charge on any atom is -0.248 e. The zero-order chi connectivity index (χ0) is 15.9. The SMILES string of the molecule is CCc1nc2n(n1)CCC[C@@H]2NS(=O)(=O)c1cc(Cl)sc1Cl. The lowest BCUT2D eigenvalue weighted by Crippen LogP contribution is -2.33. The summed E-state index contributed by atoms with van der Waals surface area (Å²) in [6.07, 6.45) is 2.23. The van der Waals surface area contributed by atoms with Crippen molar-refractivity contribution in [3.63, 3.8) is 0 Å². The summed E-state index contributed by atoms with van der Waals surface area (Å²) < 4.78 is 30.0. The van der Waals surface area contributed by atoms with E-state index < -0.39 is 16.1 Å². The third kappa shape index (κ3) is 3.03. The molecule has 0 spiro atoms. The van der Waals surface area contributed by atoms with Crippen molar-refractivity contribution in [2.24, 2.45) is 0 Å². The summed E-state index contributed by atoms with van der Waals surface area (Å²) in [6.45, 7) is 2.72. The molecule has 1 atom stereocenters. The van der Waals surface area contributed by atoms with Crippen LogP contribution in [0.15, 0.2) is 11.0 Å². The van der Waals surface area contributed by atoms with Gasteiger partial charge in [0.25, 0.3) is 0 Å². The van der Waals surface area contributed by atoms with Crippen molar-refractivity contribution in [3.05, 3.63) is 26.4 Å². The molecule has 22 heavy (non-hydrogen) atoms. The van der Waals surface area contributed by atoms with Crippen molar-refractivity contribution in [2.75, 3.05) is 0 Å². The number of halogens is 2. The van der Waals surface area contributed by atoms with Crippen LogP contribution in [0, 0.1) is 0 Å². The maximum absolute atomic E-state index is 12.5. The van der Waals surface area contributed by atoms with Gasteiger partial charge in [0.05, 0.1) is 10.4 Å². The Balaban J connectivity index is 1.91.